The Hall–Kier alpha value is -2.87. The van der Waals surface area contributed by atoms with Crippen molar-refractivity contribution in [2.45, 2.75) is 0 Å². The van der Waals surface area contributed by atoms with E-state index in [9.17, 15) is 14.4 Å². The molecule has 0 atom stereocenters. The van der Waals surface area contributed by atoms with Crippen LogP contribution in [-0.4, -0.2) is 42.3 Å². The van der Waals surface area contributed by atoms with Crippen molar-refractivity contribution in [3.05, 3.63) is 41.4 Å². The molecular weight excluding hydrogens is 326 g/mol. The van der Waals surface area contributed by atoms with Gasteiger partial charge in [-0.3, -0.25) is 9.59 Å². The number of rotatable bonds is 7. The van der Waals surface area contributed by atoms with Gasteiger partial charge < -0.3 is 15.2 Å². The number of hydrazone groups is 1. The maximum Gasteiger partial charge on any atom is 0.341 e. The Bertz CT molecular complexity index is 645. The Morgan fingerprint density at radius 3 is 2.70 bits per heavy atom. The van der Waals surface area contributed by atoms with Crippen molar-refractivity contribution in [3.63, 3.8) is 0 Å². The van der Waals surface area contributed by atoms with Crippen molar-refractivity contribution in [1.29, 1.82) is 0 Å². The van der Waals surface area contributed by atoms with Crippen molar-refractivity contribution in [2.75, 3.05) is 13.2 Å². The first-order valence-corrected chi connectivity index (χ1v) is 6.68. The van der Waals surface area contributed by atoms with Gasteiger partial charge in [-0.1, -0.05) is 17.7 Å². The largest absolute Gasteiger partial charge is 0.480 e. The van der Waals surface area contributed by atoms with Gasteiger partial charge in [0.15, 0.2) is 6.61 Å². The summed E-state index contributed by atoms with van der Waals surface area (Å²) in [7, 11) is 0. The first-order chi connectivity index (χ1) is 10.9. The van der Waals surface area contributed by atoms with Crippen LogP contribution in [0.1, 0.15) is 5.56 Å². The van der Waals surface area contributed by atoms with Crippen LogP contribution in [0.3, 0.4) is 0 Å². The Labute approximate surface area is 136 Å². The molecule has 0 saturated heterocycles. The molecule has 0 bridgehead atoms. The standard InChI is InChI=1S/C14H14ClN3O5/c1-2-5-16-13(21)14(22)18-17-7-9-3-4-11(10(15)6-9)23-8-12(19)20/h2-4,6-7H,1,5,8H2,(H,16,21)(H,18,22)(H,19,20)/b17-7-. The molecule has 0 aromatic heterocycles. The fourth-order valence-corrected chi connectivity index (χ4v) is 1.56. The third-order valence-electron chi connectivity index (χ3n) is 2.30. The van der Waals surface area contributed by atoms with Gasteiger partial charge in [-0.25, -0.2) is 10.2 Å². The lowest BCUT2D eigenvalue weighted by atomic mass is 10.2. The number of carboxylic acids is 1. The molecule has 0 aliphatic rings. The summed E-state index contributed by atoms with van der Waals surface area (Å²) >= 11 is 5.92. The number of aliphatic carboxylic acids is 1. The molecule has 0 radical (unpaired) electrons. The highest BCUT2D eigenvalue weighted by atomic mass is 35.5. The third kappa shape index (κ3) is 6.62. The van der Waals surface area contributed by atoms with Crippen molar-refractivity contribution in [3.8, 4) is 5.75 Å². The number of ether oxygens (including phenoxy) is 1. The quantitative estimate of drug-likeness (QED) is 0.290. The SMILES string of the molecule is C=CCNC(=O)C(=O)N/N=C\c1ccc(OCC(=O)O)c(Cl)c1. The molecule has 23 heavy (non-hydrogen) atoms. The highest BCUT2D eigenvalue weighted by Gasteiger charge is 2.10. The van der Waals surface area contributed by atoms with Crippen LogP contribution in [0.4, 0.5) is 0 Å². The molecule has 1 aromatic rings. The second-order valence-corrected chi connectivity index (χ2v) is 4.48. The van der Waals surface area contributed by atoms with Crippen LogP contribution in [0.5, 0.6) is 5.75 Å². The zero-order valence-electron chi connectivity index (χ0n) is 11.9. The minimum Gasteiger partial charge on any atom is -0.480 e. The van der Waals surface area contributed by atoms with E-state index in [0.717, 1.165) is 0 Å². The van der Waals surface area contributed by atoms with Crippen LogP contribution < -0.4 is 15.5 Å². The molecule has 2 amide bonds. The van der Waals surface area contributed by atoms with E-state index in [0.29, 0.717) is 5.56 Å². The van der Waals surface area contributed by atoms with E-state index < -0.39 is 24.4 Å². The summed E-state index contributed by atoms with van der Waals surface area (Å²) in [4.78, 5) is 33.0. The number of amides is 2. The van der Waals surface area contributed by atoms with Gasteiger partial charge in [-0.05, 0) is 23.8 Å². The summed E-state index contributed by atoms with van der Waals surface area (Å²) < 4.78 is 4.96. The monoisotopic (exact) mass is 339 g/mol. The van der Waals surface area contributed by atoms with Crippen molar-refractivity contribution >= 4 is 35.6 Å². The lowest BCUT2D eigenvalue weighted by Crippen LogP contribution is -2.37. The number of halogens is 1. The minimum absolute atomic E-state index is 0.170. The Morgan fingerprint density at radius 1 is 1.35 bits per heavy atom. The van der Waals surface area contributed by atoms with Crippen LogP contribution in [0, 0.1) is 0 Å². The topological polar surface area (TPSA) is 117 Å². The molecule has 0 heterocycles. The van der Waals surface area contributed by atoms with Crippen molar-refractivity contribution in [1.82, 2.24) is 10.7 Å². The van der Waals surface area contributed by atoms with Gasteiger partial charge >= 0.3 is 17.8 Å². The summed E-state index contributed by atoms with van der Waals surface area (Å²) in [5, 5.41) is 14.6. The summed E-state index contributed by atoms with van der Waals surface area (Å²) in [6.07, 6.45) is 2.70. The molecular formula is C14H14ClN3O5. The summed E-state index contributed by atoms with van der Waals surface area (Å²) in [5.74, 6) is -2.67. The number of carbonyl (C=O) groups excluding carboxylic acids is 2. The molecule has 0 saturated carbocycles. The second-order valence-electron chi connectivity index (χ2n) is 4.07. The zero-order valence-corrected chi connectivity index (χ0v) is 12.7. The predicted octanol–water partition coefficient (Wildman–Crippen LogP) is 0.556. The van der Waals surface area contributed by atoms with E-state index in [1.165, 1.54) is 24.4 Å². The Morgan fingerprint density at radius 2 is 2.09 bits per heavy atom. The minimum atomic E-state index is -1.12. The number of carboxylic acid groups (broad SMARTS) is 1. The molecule has 0 fully saturated rings. The fraction of sp³-hybridized carbons (Fsp3) is 0.143. The maximum atomic E-state index is 11.3. The van der Waals surface area contributed by atoms with Crippen LogP contribution in [0.2, 0.25) is 5.02 Å². The van der Waals surface area contributed by atoms with Gasteiger partial charge in [0.2, 0.25) is 0 Å². The molecule has 1 rings (SSSR count). The Balaban J connectivity index is 2.58. The molecule has 3 N–H and O–H groups in total. The van der Waals surface area contributed by atoms with Gasteiger partial charge in [0.05, 0.1) is 11.2 Å². The smallest absolute Gasteiger partial charge is 0.341 e. The average Bonchev–Trinajstić information content (AvgIpc) is 2.51. The Kier molecular flexibility index (Phi) is 7.28. The van der Waals surface area contributed by atoms with Crippen LogP contribution >= 0.6 is 11.6 Å². The summed E-state index contributed by atoms with van der Waals surface area (Å²) in [6, 6.07) is 4.48. The lowest BCUT2D eigenvalue weighted by molar-refractivity contribution is -0.139. The molecule has 0 spiro atoms. The van der Waals surface area contributed by atoms with E-state index in [-0.39, 0.29) is 17.3 Å². The average molecular weight is 340 g/mol. The molecule has 122 valence electrons. The van der Waals surface area contributed by atoms with Gasteiger partial charge in [0.1, 0.15) is 5.75 Å². The third-order valence-corrected chi connectivity index (χ3v) is 2.60. The zero-order chi connectivity index (χ0) is 17.2. The molecule has 9 heteroatoms. The second kappa shape index (κ2) is 9.21. The highest BCUT2D eigenvalue weighted by molar-refractivity contribution is 6.35. The first kappa shape index (κ1) is 18.2. The van der Waals surface area contributed by atoms with E-state index in [1.807, 2.05) is 5.43 Å². The molecule has 8 nitrogen and oxygen atoms in total. The lowest BCUT2D eigenvalue weighted by Gasteiger charge is -2.05. The molecule has 0 aliphatic heterocycles. The number of hydrogen-bond acceptors (Lipinski definition) is 5. The summed E-state index contributed by atoms with van der Waals surface area (Å²) in [5.41, 5.74) is 2.56. The molecule has 1 aromatic carbocycles. The fourth-order valence-electron chi connectivity index (χ4n) is 1.32. The number of hydrogen-bond donors (Lipinski definition) is 3. The number of nitrogens with one attached hydrogen (secondary N) is 2. The highest BCUT2D eigenvalue weighted by Crippen LogP contribution is 2.24. The first-order valence-electron chi connectivity index (χ1n) is 6.30. The molecule has 0 aliphatic carbocycles. The number of benzene rings is 1. The predicted molar refractivity (Wildman–Crippen MR) is 83.5 cm³/mol. The van der Waals surface area contributed by atoms with E-state index in [1.54, 1.807) is 6.07 Å². The molecule has 0 unspecified atom stereocenters. The van der Waals surface area contributed by atoms with E-state index >= 15 is 0 Å². The van der Waals surface area contributed by atoms with E-state index in [4.69, 9.17) is 21.4 Å². The summed E-state index contributed by atoms with van der Waals surface area (Å²) in [6.45, 7) is 3.06. The number of nitrogens with zero attached hydrogens (tertiary/aromatic N) is 1. The normalized spacial score (nSPS) is 10.1. The van der Waals surface area contributed by atoms with Crippen LogP contribution in [0.15, 0.2) is 36.0 Å². The van der Waals surface area contributed by atoms with Crippen molar-refractivity contribution in [2.24, 2.45) is 5.10 Å². The van der Waals surface area contributed by atoms with Crippen molar-refractivity contribution < 1.29 is 24.2 Å². The van der Waals surface area contributed by atoms with Gasteiger partial charge in [-0.15, -0.1) is 6.58 Å². The van der Waals surface area contributed by atoms with Crippen LogP contribution in [0.25, 0.3) is 0 Å². The van der Waals surface area contributed by atoms with Gasteiger partial charge in [0.25, 0.3) is 0 Å². The van der Waals surface area contributed by atoms with Gasteiger partial charge in [0, 0.05) is 6.54 Å². The van der Waals surface area contributed by atoms with Gasteiger partial charge in [-0.2, -0.15) is 5.10 Å². The van der Waals surface area contributed by atoms with Crippen LogP contribution in [-0.2, 0) is 14.4 Å². The maximum absolute atomic E-state index is 11.3. The number of carbonyl (C=O) groups is 3. The van der Waals surface area contributed by atoms with E-state index in [2.05, 4.69) is 17.0 Å².